The minimum absolute atomic E-state index is 0.299. The van der Waals surface area contributed by atoms with Gasteiger partial charge in [0.2, 0.25) is 0 Å². The van der Waals surface area contributed by atoms with Gasteiger partial charge in [-0.3, -0.25) is 0 Å². The third-order valence-electron chi connectivity index (χ3n) is 2.25. The molecule has 0 bridgehead atoms. The molecule has 0 aromatic rings. The van der Waals surface area contributed by atoms with E-state index in [2.05, 4.69) is 17.9 Å². The van der Waals surface area contributed by atoms with Gasteiger partial charge in [0, 0.05) is 11.6 Å². The van der Waals surface area contributed by atoms with Crippen LogP contribution < -0.4 is 0 Å². The van der Waals surface area contributed by atoms with Crippen LogP contribution in [0.15, 0.2) is 24.8 Å². The Morgan fingerprint density at radius 2 is 2.06 bits per heavy atom. The Hall–Kier alpha value is -1.58. The highest BCUT2D eigenvalue weighted by Gasteiger charge is 2.28. The Kier molecular flexibility index (Phi) is 7.76. The van der Waals surface area contributed by atoms with E-state index >= 15 is 0 Å². The molecule has 0 unspecified atom stereocenters. The first-order valence-corrected chi connectivity index (χ1v) is 5.74. The zero-order valence-electron chi connectivity index (χ0n) is 10.3. The highest BCUT2D eigenvalue weighted by atomic mass is 16.5. The lowest BCUT2D eigenvalue weighted by atomic mass is 10.2. The minimum atomic E-state index is -0.840. The van der Waals surface area contributed by atoms with Crippen LogP contribution >= 0.6 is 0 Å². The molecule has 17 heavy (non-hydrogen) atoms. The topological polar surface area (TPSA) is 63.6 Å². The lowest BCUT2D eigenvalue weighted by molar-refractivity contribution is -0.138. The Bertz CT molecular complexity index is 290. The number of ether oxygens (including phenoxy) is 1. The van der Waals surface area contributed by atoms with Gasteiger partial charge in [-0.2, -0.15) is 0 Å². The van der Waals surface area contributed by atoms with E-state index in [1.54, 1.807) is 0 Å². The van der Waals surface area contributed by atoms with Crippen LogP contribution in [0.1, 0.15) is 32.6 Å². The molecule has 0 aromatic carbocycles. The zero-order valence-corrected chi connectivity index (χ0v) is 10.3. The number of hydrogen-bond acceptors (Lipinski definition) is 3. The minimum Gasteiger partial charge on any atom is -0.478 e. The Morgan fingerprint density at radius 3 is 2.35 bits per heavy atom. The van der Waals surface area contributed by atoms with Gasteiger partial charge in [-0.25, -0.2) is 9.59 Å². The van der Waals surface area contributed by atoms with Gasteiger partial charge in [-0.05, 0) is 25.2 Å². The van der Waals surface area contributed by atoms with Gasteiger partial charge in [0.25, 0.3) is 0 Å². The van der Waals surface area contributed by atoms with Crippen molar-refractivity contribution in [1.82, 2.24) is 0 Å². The summed E-state index contributed by atoms with van der Waals surface area (Å²) in [5.74, 6) is -0.872. The molecule has 0 aliphatic heterocycles. The number of aliphatic carboxylic acids is 1. The number of esters is 1. The maximum Gasteiger partial charge on any atom is 0.331 e. The molecule has 1 rings (SSSR count). The number of hydrogen-bond donors (Lipinski definition) is 1. The fraction of sp³-hybridized carbons (Fsp3) is 0.538. The summed E-state index contributed by atoms with van der Waals surface area (Å²) in [4.78, 5) is 20.4. The normalized spacial score (nSPS) is 13.0. The highest BCUT2D eigenvalue weighted by molar-refractivity contribution is 5.86. The van der Waals surface area contributed by atoms with Gasteiger partial charge in [0.1, 0.15) is 0 Å². The van der Waals surface area contributed by atoms with Crippen molar-refractivity contribution in [3.05, 3.63) is 24.8 Å². The van der Waals surface area contributed by atoms with Crippen LogP contribution in [-0.4, -0.2) is 23.7 Å². The molecule has 1 saturated carbocycles. The fourth-order valence-corrected chi connectivity index (χ4v) is 0.982. The lowest BCUT2D eigenvalue weighted by Gasteiger charge is -1.97. The average molecular weight is 240 g/mol. The number of carbonyl (C=O) groups is 2. The monoisotopic (exact) mass is 240 g/mol. The first kappa shape index (κ1) is 15.4. The summed E-state index contributed by atoms with van der Waals surface area (Å²) < 4.78 is 4.67. The molecule has 4 heteroatoms. The van der Waals surface area contributed by atoms with Gasteiger partial charge in [0.15, 0.2) is 0 Å². The van der Waals surface area contributed by atoms with Crippen molar-refractivity contribution in [2.75, 3.05) is 6.61 Å². The fourth-order valence-electron chi connectivity index (χ4n) is 0.982. The van der Waals surface area contributed by atoms with Crippen molar-refractivity contribution in [2.24, 2.45) is 5.92 Å². The molecule has 0 atom stereocenters. The summed E-state index contributed by atoms with van der Waals surface area (Å²) in [7, 11) is 0. The van der Waals surface area contributed by atoms with Crippen molar-refractivity contribution in [1.29, 1.82) is 0 Å². The number of rotatable bonds is 6. The Balaban J connectivity index is 0.000000302. The van der Waals surface area contributed by atoms with Gasteiger partial charge in [-0.15, -0.1) is 0 Å². The second kappa shape index (κ2) is 8.56. The molecule has 4 nitrogen and oxygen atoms in total. The van der Waals surface area contributed by atoms with Crippen LogP contribution in [0.3, 0.4) is 0 Å². The summed E-state index contributed by atoms with van der Waals surface area (Å²) in [6.07, 6.45) is 5.19. The van der Waals surface area contributed by atoms with Crippen molar-refractivity contribution < 1.29 is 19.4 Å². The summed E-state index contributed by atoms with van der Waals surface area (Å²) in [6.45, 7) is 9.24. The number of unbranched alkanes of at least 4 members (excludes halogenated alkanes) is 1. The van der Waals surface area contributed by atoms with E-state index in [9.17, 15) is 9.59 Å². The van der Waals surface area contributed by atoms with Crippen LogP contribution in [0.25, 0.3) is 0 Å². The second-order valence-corrected chi connectivity index (χ2v) is 3.83. The molecule has 0 spiro atoms. The van der Waals surface area contributed by atoms with E-state index in [0.29, 0.717) is 18.1 Å². The van der Waals surface area contributed by atoms with Gasteiger partial charge in [-0.1, -0.05) is 26.5 Å². The molecule has 1 N–H and O–H groups in total. The van der Waals surface area contributed by atoms with E-state index in [0.717, 1.165) is 25.7 Å². The number of carboxylic acid groups (broad SMARTS) is 1. The SMILES string of the molecule is C=C(C(=O)O)C1CC1.C=CC(=O)OCCCC. The number of carboxylic acids is 1. The summed E-state index contributed by atoms with van der Waals surface area (Å²) in [5.41, 5.74) is 0.380. The maximum absolute atomic E-state index is 10.3. The molecule has 1 aliphatic carbocycles. The summed E-state index contributed by atoms with van der Waals surface area (Å²) >= 11 is 0. The first-order chi connectivity index (χ1) is 8.02. The maximum atomic E-state index is 10.3. The molecular formula is C13H20O4. The third-order valence-corrected chi connectivity index (χ3v) is 2.25. The number of carbonyl (C=O) groups excluding carboxylic acids is 1. The Morgan fingerprint density at radius 1 is 1.47 bits per heavy atom. The molecule has 0 heterocycles. The molecular weight excluding hydrogens is 220 g/mol. The lowest BCUT2D eigenvalue weighted by Crippen LogP contribution is -2.00. The van der Waals surface area contributed by atoms with E-state index in [1.165, 1.54) is 6.08 Å². The van der Waals surface area contributed by atoms with Crippen LogP contribution in [0.5, 0.6) is 0 Å². The van der Waals surface area contributed by atoms with E-state index < -0.39 is 5.97 Å². The smallest absolute Gasteiger partial charge is 0.331 e. The summed E-state index contributed by atoms with van der Waals surface area (Å²) in [6, 6.07) is 0. The second-order valence-electron chi connectivity index (χ2n) is 3.83. The van der Waals surface area contributed by atoms with Crippen LogP contribution in [0, 0.1) is 5.92 Å². The van der Waals surface area contributed by atoms with E-state index in [-0.39, 0.29) is 5.97 Å². The van der Waals surface area contributed by atoms with Crippen molar-refractivity contribution in [3.8, 4) is 0 Å². The molecule has 1 aliphatic rings. The zero-order chi connectivity index (χ0) is 13.3. The summed E-state index contributed by atoms with van der Waals surface area (Å²) in [5, 5.41) is 8.29. The van der Waals surface area contributed by atoms with Crippen molar-refractivity contribution >= 4 is 11.9 Å². The Labute approximate surface area is 102 Å². The van der Waals surface area contributed by atoms with Crippen LogP contribution in [0.2, 0.25) is 0 Å². The molecule has 1 fully saturated rings. The van der Waals surface area contributed by atoms with Crippen molar-refractivity contribution in [2.45, 2.75) is 32.6 Å². The third kappa shape index (κ3) is 8.25. The molecule has 0 amide bonds. The van der Waals surface area contributed by atoms with Crippen LogP contribution in [0.4, 0.5) is 0 Å². The molecule has 0 saturated heterocycles. The standard InChI is InChI=1S/C7H12O2.C6H8O2/c1-3-5-6-9-7(8)4-2;1-4(6(7)8)5-2-3-5/h4H,2-3,5-6H2,1H3;5H,1-3H2,(H,7,8). The van der Waals surface area contributed by atoms with Gasteiger partial charge >= 0.3 is 11.9 Å². The first-order valence-electron chi connectivity index (χ1n) is 5.74. The van der Waals surface area contributed by atoms with Crippen LogP contribution in [-0.2, 0) is 14.3 Å². The van der Waals surface area contributed by atoms with E-state index in [1.807, 2.05) is 6.92 Å². The predicted octanol–water partition coefficient (Wildman–Crippen LogP) is 2.55. The van der Waals surface area contributed by atoms with E-state index in [4.69, 9.17) is 5.11 Å². The average Bonchev–Trinajstić information content (AvgIpc) is 3.12. The molecule has 0 aromatic heterocycles. The van der Waals surface area contributed by atoms with Crippen molar-refractivity contribution in [3.63, 3.8) is 0 Å². The largest absolute Gasteiger partial charge is 0.478 e. The van der Waals surface area contributed by atoms with Gasteiger partial charge < -0.3 is 9.84 Å². The van der Waals surface area contributed by atoms with Gasteiger partial charge in [0.05, 0.1) is 6.61 Å². The quantitative estimate of drug-likeness (QED) is 0.440. The predicted molar refractivity (Wildman–Crippen MR) is 65.6 cm³/mol. The highest BCUT2D eigenvalue weighted by Crippen LogP contribution is 2.35. The molecule has 96 valence electrons. The molecule has 0 radical (unpaired) electrons.